The second kappa shape index (κ2) is 10.3. The molecule has 1 heterocycles. The highest BCUT2D eigenvalue weighted by atomic mass is 16.3. The summed E-state index contributed by atoms with van der Waals surface area (Å²) in [7, 11) is 0. The van der Waals surface area contributed by atoms with E-state index < -0.39 is 0 Å². The number of nitrogens with zero attached hydrogens (tertiary/aromatic N) is 2. The van der Waals surface area contributed by atoms with Gasteiger partial charge in [-0.25, -0.2) is 0 Å². The zero-order chi connectivity index (χ0) is 20.6. The van der Waals surface area contributed by atoms with Crippen molar-refractivity contribution >= 4 is 11.8 Å². The van der Waals surface area contributed by atoms with E-state index >= 15 is 0 Å². The zero-order valence-electron chi connectivity index (χ0n) is 17.6. The van der Waals surface area contributed by atoms with Gasteiger partial charge in [0.25, 0.3) is 0 Å². The van der Waals surface area contributed by atoms with Crippen molar-refractivity contribution < 1.29 is 14.0 Å². The third kappa shape index (κ3) is 6.48. The van der Waals surface area contributed by atoms with Crippen LogP contribution in [0.4, 0.5) is 0 Å². The third-order valence-electron chi connectivity index (χ3n) is 5.35. The van der Waals surface area contributed by atoms with E-state index in [2.05, 4.69) is 19.1 Å². The van der Waals surface area contributed by atoms with Crippen LogP contribution in [0.25, 0.3) is 0 Å². The zero-order valence-corrected chi connectivity index (χ0v) is 17.6. The van der Waals surface area contributed by atoms with Gasteiger partial charge in [-0.05, 0) is 50.3 Å². The first-order valence-electron chi connectivity index (χ1n) is 10.7. The van der Waals surface area contributed by atoms with E-state index in [0.29, 0.717) is 19.6 Å². The lowest BCUT2D eigenvalue weighted by atomic mass is 10.1. The van der Waals surface area contributed by atoms with E-state index in [0.717, 1.165) is 43.6 Å². The van der Waals surface area contributed by atoms with Crippen LogP contribution in [0.15, 0.2) is 46.9 Å². The SMILES string of the molecule is CCCCN(CC(=O)N(CCc1ccccc1)Cc1ccc(C)o1)C(=O)C1CC1. The number of furan rings is 1. The molecule has 0 spiro atoms. The first-order valence-corrected chi connectivity index (χ1v) is 10.7. The Balaban J connectivity index is 1.67. The van der Waals surface area contributed by atoms with E-state index in [4.69, 9.17) is 4.42 Å². The molecule has 156 valence electrons. The highest BCUT2D eigenvalue weighted by Gasteiger charge is 2.34. The Morgan fingerprint density at radius 2 is 1.79 bits per heavy atom. The van der Waals surface area contributed by atoms with E-state index in [-0.39, 0.29) is 24.3 Å². The highest BCUT2D eigenvalue weighted by Crippen LogP contribution is 2.31. The molecule has 0 saturated heterocycles. The first-order chi connectivity index (χ1) is 14.1. The van der Waals surface area contributed by atoms with Crippen molar-refractivity contribution in [3.05, 3.63) is 59.5 Å². The lowest BCUT2D eigenvalue weighted by Crippen LogP contribution is -2.44. The van der Waals surface area contributed by atoms with Crippen LogP contribution >= 0.6 is 0 Å². The second-order valence-corrected chi connectivity index (χ2v) is 7.95. The van der Waals surface area contributed by atoms with Gasteiger partial charge in [-0.2, -0.15) is 0 Å². The minimum Gasteiger partial charge on any atom is -0.464 e. The molecule has 3 rings (SSSR count). The minimum atomic E-state index is -0.0138. The molecule has 1 aliphatic carbocycles. The van der Waals surface area contributed by atoms with Crippen molar-refractivity contribution in [1.82, 2.24) is 9.80 Å². The summed E-state index contributed by atoms with van der Waals surface area (Å²) in [6.45, 7) is 5.85. The predicted molar refractivity (Wildman–Crippen MR) is 113 cm³/mol. The van der Waals surface area contributed by atoms with Crippen LogP contribution in [0.1, 0.15) is 49.7 Å². The molecule has 0 bridgehead atoms. The number of unbranched alkanes of at least 4 members (excludes halogenated alkanes) is 1. The molecule has 0 radical (unpaired) electrons. The number of carbonyl (C=O) groups excluding carboxylic acids is 2. The van der Waals surface area contributed by atoms with E-state index in [1.807, 2.05) is 42.2 Å². The topological polar surface area (TPSA) is 53.8 Å². The summed E-state index contributed by atoms with van der Waals surface area (Å²) < 4.78 is 5.71. The maximum Gasteiger partial charge on any atom is 0.242 e. The summed E-state index contributed by atoms with van der Waals surface area (Å²) in [5.74, 6) is 1.87. The summed E-state index contributed by atoms with van der Waals surface area (Å²) in [6.07, 6.45) is 4.62. The number of benzene rings is 1. The molecule has 2 amide bonds. The Kier molecular flexibility index (Phi) is 7.50. The van der Waals surface area contributed by atoms with Gasteiger partial charge in [0, 0.05) is 19.0 Å². The molecule has 0 atom stereocenters. The largest absolute Gasteiger partial charge is 0.464 e. The maximum absolute atomic E-state index is 13.2. The summed E-state index contributed by atoms with van der Waals surface area (Å²) in [5.41, 5.74) is 1.19. The Labute approximate surface area is 173 Å². The van der Waals surface area contributed by atoms with Crippen LogP contribution in [0, 0.1) is 12.8 Å². The minimum absolute atomic E-state index is 0.0138. The Morgan fingerprint density at radius 1 is 1.03 bits per heavy atom. The molecule has 1 aromatic carbocycles. The maximum atomic E-state index is 13.2. The normalized spacial score (nSPS) is 13.3. The Bertz CT molecular complexity index is 795. The van der Waals surface area contributed by atoms with Gasteiger partial charge in [-0.15, -0.1) is 0 Å². The smallest absolute Gasteiger partial charge is 0.242 e. The van der Waals surface area contributed by atoms with Gasteiger partial charge in [0.2, 0.25) is 11.8 Å². The molecule has 5 heteroatoms. The first kappa shape index (κ1) is 21.2. The molecule has 0 N–H and O–H groups in total. The molecule has 1 saturated carbocycles. The van der Waals surface area contributed by atoms with Crippen molar-refractivity contribution in [2.75, 3.05) is 19.6 Å². The highest BCUT2D eigenvalue weighted by molar-refractivity contribution is 5.87. The Morgan fingerprint density at radius 3 is 2.41 bits per heavy atom. The van der Waals surface area contributed by atoms with Crippen LogP contribution in [0.2, 0.25) is 0 Å². The van der Waals surface area contributed by atoms with Gasteiger partial charge < -0.3 is 14.2 Å². The van der Waals surface area contributed by atoms with Gasteiger partial charge in [0.1, 0.15) is 11.5 Å². The van der Waals surface area contributed by atoms with Crippen molar-refractivity contribution in [3.8, 4) is 0 Å². The van der Waals surface area contributed by atoms with Crippen molar-refractivity contribution in [3.63, 3.8) is 0 Å². The number of aryl methyl sites for hydroxylation is 1. The standard InChI is InChI=1S/C24H32N2O3/c1-3-4-15-26(24(28)21-11-12-21)18-23(27)25(17-22-13-10-19(2)29-22)16-14-20-8-6-5-7-9-20/h5-10,13,21H,3-4,11-12,14-18H2,1-2H3. The third-order valence-corrected chi connectivity index (χ3v) is 5.35. The number of amides is 2. The van der Waals surface area contributed by atoms with Crippen LogP contribution in [-0.2, 0) is 22.6 Å². The monoisotopic (exact) mass is 396 g/mol. The van der Waals surface area contributed by atoms with E-state index in [1.165, 1.54) is 5.56 Å². The fourth-order valence-electron chi connectivity index (χ4n) is 3.43. The summed E-state index contributed by atoms with van der Waals surface area (Å²) in [4.78, 5) is 29.4. The van der Waals surface area contributed by atoms with E-state index in [1.54, 1.807) is 4.90 Å². The average Bonchev–Trinajstić information content (AvgIpc) is 3.50. The number of rotatable bonds is 11. The van der Waals surface area contributed by atoms with E-state index in [9.17, 15) is 9.59 Å². The second-order valence-electron chi connectivity index (χ2n) is 7.95. The fraction of sp³-hybridized carbons (Fsp3) is 0.500. The molecule has 29 heavy (non-hydrogen) atoms. The summed E-state index contributed by atoms with van der Waals surface area (Å²) in [6, 6.07) is 14.0. The van der Waals surface area contributed by atoms with Crippen LogP contribution in [-0.4, -0.2) is 41.2 Å². The summed E-state index contributed by atoms with van der Waals surface area (Å²) in [5, 5.41) is 0. The van der Waals surface area contributed by atoms with Gasteiger partial charge in [-0.3, -0.25) is 9.59 Å². The lowest BCUT2D eigenvalue weighted by molar-refractivity contribution is -0.141. The Hall–Kier alpha value is -2.56. The van der Waals surface area contributed by atoms with Crippen molar-refractivity contribution in [2.24, 2.45) is 5.92 Å². The summed E-state index contributed by atoms with van der Waals surface area (Å²) >= 11 is 0. The number of carbonyl (C=O) groups is 2. The van der Waals surface area contributed by atoms with Crippen molar-refractivity contribution in [2.45, 2.75) is 52.5 Å². The molecule has 0 unspecified atom stereocenters. The lowest BCUT2D eigenvalue weighted by Gasteiger charge is -2.27. The number of hydrogen-bond donors (Lipinski definition) is 0. The van der Waals surface area contributed by atoms with Crippen LogP contribution in [0.3, 0.4) is 0 Å². The molecule has 0 aliphatic heterocycles. The molecule has 1 fully saturated rings. The average molecular weight is 397 g/mol. The predicted octanol–water partition coefficient (Wildman–Crippen LogP) is 4.20. The molecule has 5 nitrogen and oxygen atoms in total. The van der Waals surface area contributed by atoms with Gasteiger partial charge in [0.05, 0.1) is 13.1 Å². The molecular weight excluding hydrogens is 364 g/mol. The molecule has 1 aromatic heterocycles. The van der Waals surface area contributed by atoms with Crippen molar-refractivity contribution in [1.29, 1.82) is 0 Å². The quantitative estimate of drug-likeness (QED) is 0.572. The number of hydrogen-bond acceptors (Lipinski definition) is 3. The van der Waals surface area contributed by atoms with Gasteiger partial charge in [-0.1, -0.05) is 43.7 Å². The molecule has 1 aliphatic rings. The van der Waals surface area contributed by atoms with Crippen LogP contribution < -0.4 is 0 Å². The molecular formula is C24H32N2O3. The van der Waals surface area contributed by atoms with Crippen LogP contribution in [0.5, 0.6) is 0 Å². The fourth-order valence-corrected chi connectivity index (χ4v) is 3.43. The molecule has 2 aromatic rings. The van der Waals surface area contributed by atoms with Gasteiger partial charge >= 0.3 is 0 Å². The van der Waals surface area contributed by atoms with Gasteiger partial charge in [0.15, 0.2) is 0 Å².